The van der Waals surface area contributed by atoms with Crippen LogP contribution in [0.5, 0.6) is 5.75 Å². The summed E-state index contributed by atoms with van der Waals surface area (Å²) in [5.74, 6) is -0.482. The van der Waals surface area contributed by atoms with E-state index < -0.39 is 29.9 Å². The van der Waals surface area contributed by atoms with Crippen molar-refractivity contribution in [2.45, 2.75) is 37.9 Å². The molecule has 0 spiro atoms. The highest BCUT2D eigenvalue weighted by molar-refractivity contribution is 9.10. The number of hydrogen-bond acceptors (Lipinski definition) is 3. The van der Waals surface area contributed by atoms with Gasteiger partial charge in [0.25, 0.3) is 0 Å². The largest absolute Gasteiger partial charge is 0.573 e. The van der Waals surface area contributed by atoms with Crippen LogP contribution in [-0.2, 0) is 5.72 Å². The second kappa shape index (κ2) is 9.83. The van der Waals surface area contributed by atoms with Crippen LogP contribution in [0.2, 0.25) is 0 Å². The first-order valence-electron chi connectivity index (χ1n) is 10.8. The van der Waals surface area contributed by atoms with E-state index in [1.807, 2.05) is 6.92 Å². The van der Waals surface area contributed by atoms with Gasteiger partial charge in [-0.2, -0.15) is 0 Å². The lowest BCUT2D eigenvalue weighted by Gasteiger charge is -2.37. The fourth-order valence-electron chi connectivity index (χ4n) is 4.35. The zero-order valence-corrected chi connectivity index (χ0v) is 21.6. The number of hydrogen-bond donors (Lipinski definition) is 1. The Bertz CT molecular complexity index is 1210. The molecule has 1 saturated heterocycles. The van der Waals surface area contributed by atoms with Crippen LogP contribution >= 0.6 is 31.9 Å². The van der Waals surface area contributed by atoms with Crippen LogP contribution in [0.15, 0.2) is 81.7 Å². The van der Waals surface area contributed by atoms with Crippen molar-refractivity contribution in [3.8, 4) is 5.75 Å². The Morgan fingerprint density at radius 3 is 2.09 bits per heavy atom. The minimum absolute atomic E-state index is 0.105. The first-order chi connectivity index (χ1) is 16.5. The van der Waals surface area contributed by atoms with E-state index in [0.717, 1.165) is 21.1 Å². The fraction of sp³-hybridized carbons (Fsp3) is 0.240. The summed E-state index contributed by atoms with van der Waals surface area (Å²) < 4.78 is 44.5. The zero-order valence-electron chi connectivity index (χ0n) is 18.5. The lowest BCUT2D eigenvalue weighted by Crippen LogP contribution is -2.49. The molecular formula is C25H21Br2F3N2O3. The summed E-state index contributed by atoms with van der Waals surface area (Å²) in [4.78, 5) is 16.6. The summed E-state index contributed by atoms with van der Waals surface area (Å²) in [6.07, 6.45) is -3.90. The van der Waals surface area contributed by atoms with Crippen molar-refractivity contribution < 1.29 is 27.8 Å². The average Bonchev–Trinajstić information content (AvgIpc) is 3.02. The molecule has 10 heteroatoms. The van der Waals surface area contributed by atoms with E-state index in [1.54, 1.807) is 48.5 Å². The Kier molecular flexibility index (Phi) is 7.17. The van der Waals surface area contributed by atoms with E-state index in [-0.39, 0.29) is 5.56 Å². The molecule has 2 amide bonds. The van der Waals surface area contributed by atoms with Gasteiger partial charge in [-0.1, -0.05) is 57.3 Å². The van der Waals surface area contributed by atoms with E-state index >= 15 is 0 Å². The number of ether oxygens (including phenoxy) is 1. The molecule has 1 fully saturated rings. The number of amides is 2. The molecule has 4 rings (SSSR count). The third-order valence-corrected chi connectivity index (χ3v) is 6.82. The third-order valence-electron chi connectivity index (χ3n) is 5.76. The standard InChI is InChI=1S/C25H21Br2F3N2O3/c1-2-4-22-24(34,16-5-3-6-21(15-16)35-25(28,29)30)32(20-13-9-18(27)10-14-20)23(33)31(22)19-11-7-17(26)8-12-19/h3,5-15,22,34H,2,4H2,1H3/t22-,24?/m1/s1. The number of carbonyl (C=O) groups is 1. The SMILES string of the molecule is CCC[C@H]1N(c2ccc(Br)cc2)C(=O)N(c2ccc(Br)cc2)C1(O)c1cccc(OC(F)(F)F)c1. The highest BCUT2D eigenvalue weighted by atomic mass is 79.9. The van der Waals surface area contributed by atoms with Gasteiger partial charge in [0.15, 0.2) is 5.72 Å². The monoisotopic (exact) mass is 612 g/mol. The van der Waals surface area contributed by atoms with E-state index in [2.05, 4.69) is 36.6 Å². The van der Waals surface area contributed by atoms with E-state index in [9.17, 15) is 23.1 Å². The number of alkyl halides is 3. The summed E-state index contributed by atoms with van der Waals surface area (Å²) in [7, 11) is 0. The number of aliphatic hydroxyl groups is 1. The Morgan fingerprint density at radius 1 is 0.971 bits per heavy atom. The van der Waals surface area contributed by atoms with Crippen molar-refractivity contribution in [2.24, 2.45) is 0 Å². The number of anilines is 2. The van der Waals surface area contributed by atoms with Gasteiger partial charge in [0.05, 0.1) is 6.04 Å². The molecule has 0 radical (unpaired) electrons. The predicted octanol–water partition coefficient (Wildman–Crippen LogP) is 7.57. The maximum Gasteiger partial charge on any atom is 0.573 e. The van der Waals surface area contributed by atoms with Gasteiger partial charge in [-0.05, 0) is 67.1 Å². The van der Waals surface area contributed by atoms with Gasteiger partial charge in [0.2, 0.25) is 0 Å². The Labute approximate surface area is 217 Å². The molecule has 2 atom stereocenters. The van der Waals surface area contributed by atoms with E-state index in [4.69, 9.17) is 0 Å². The van der Waals surface area contributed by atoms with Crippen LogP contribution in [0.1, 0.15) is 25.3 Å². The third kappa shape index (κ3) is 5.05. The highest BCUT2D eigenvalue weighted by Gasteiger charge is 2.58. The first-order valence-corrected chi connectivity index (χ1v) is 12.4. The molecule has 0 aromatic heterocycles. The molecule has 0 bridgehead atoms. The van der Waals surface area contributed by atoms with Gasteiger partial charge in [-0.3, -0.25) is 9.80 Å². The van der Waals surface area contributed by atoms with Crippen LogP contribution in [-0.4, -0.2) is 23.5 Å². The van der Waals surface area contributed by atoms with Gasteiger partial charge in [-0.15, -0.1) is 13.2 Å². The molecule has 184 valence electrons. The topological polar surface area (TPSA) is 53.0 Å². The van der Waals surface area contributed by atoms with Crippen LogP contribution in [0.4, 0.5) is 29.3 Å². The molecule has 3 aromatic carbocycles. The quantitative estimate of drug-likeness (QED) is 0.312. The molecule has 1 heterocycles. The number of nitrogens with zero attached hydrogens (tertiary/aromatic N) is 2. The zero-order chi connectivity index (χ0) is 25.4. The highest BCUT2D eigenvalue weighted by Crippen LogP contribution is 2.47. The number of rotatable bonds is 6. The lowest BCUT2D eigenvalue weighted by molar-refractivity contribution is -0.274. The van der Waals surface area contributed by atoms with Crippen molar-refractivity contribution >= 4 is 49.3 Å². The average molecular weight is 614 g/mol. The van der Waals surface area contributed by atoms with Crippen molar-refractivity contribution in [3.05, 3.63) is 87.3 Å². The minimum Gasteiger partial charge on any atom is -0.406 e. The Hall–Kier alpha value is -2.56. The minimum atomic E-state index is -4.90. The summed E-state index contributed by atoms with van der Waals surface area (Å²) >= 11 is 6.76. The van der Waals surface area contributed by atoms with Gasteiger partial charge in [0.1, 0.15) is 5.75 Å². The molecule has 0 saturated carbocycles. The van der Waals surface area contributed by atoms with E-state index in [1.165, 1.54) is 21.9 Å². The summed E-state index contributed by atoms with van der Waals surface area (Å²) in [5.41, 5.74) is -0.937. The fourth-order valence-corrected chi connectivity index (χ4v) is 4.88. The molecule has 1 N–H and O–H groups in total. The Morgan fingerprint density at radius 2 is 1.54 bits per heavy atom. The molecule has 1 aliphatic heterocycles. The summed E-state index contributed by atoms with van der Waals surface area (Å²) in [6, 6.07) is 17.7. The summed E-state index contributed by atoms with van der Waals surface area (Å²) in [5, 5.41) is 12.3. The number of halogens is 5. The van der Waals surface area contributed by atoms with Gasteiger partial charge in [-0.25, -0.2) is 4.79 Å². The van der Waals surface area contributed by atoms with Crippen molar-refractivity contribution in [2.75, 3.05) is 9.80 Å². The number of carbonyl (C=O) groups excluding carboxylic acids is 1. The molecule has 1 aliphatic rings. The van der Waals surface area contributed by atoms with Crippen LogP contribution in [0.25, 0.3) is 0 Å². The first kappa shape index (κ1) is 25.5. The predicted molar refractivity (Wildman–Crippen MR) is 134 cm³/mol. The van der Waals surface area contributed by atoms with Crippen LogP contribution in [0, 0.1) is 0 Å². The molecule has 1 unspecified atom stereocenters. The maximum atomic E-state index is 13.9. The molecular weight excluding hydrogens is 593 g/mol. The molecule has 5 nitrogen and oxygen atoms in total. The van der Waals surface area contributed by atoms with Crippen LogP contribution in [0.3, 0.4) is 0 Å². The molecule has 35 heavy (non-hydrogen) atoms. The van der Waals surface area contributed by atoms with Crippen LogP contribution < -0.4 is 14.5 Å². The van der Waals surface area contributed by atoms with Gasteiger partial charge in [0, 0.05) is 25.9 Å². The second-order valence-electron chi connectivity index (χ2n) is 8.05. The maximum absolute atomic E-state index is 13.9. The van der Waals surface area contributed by atoms with E-state index in [0.29, 0.717) is 24.2 Å². The van der Waals surface area contributed by atoms with Crippen molar-refractivity contribution in [1.82, 2.24) is 0 Å². The Balaban J connectivity index is 1.92. The van der Waals surface area contributed by atoms with Gasteiger partial charge < -0.3 is 9.84 Å². The number of urea groups is 1. The normalized spacial score (nSPS) is 20.4. The second-order valence-corrected chi connectivity index (χ2v) is 9.88. The number of benzene rings is 3. The molecule has 3 aromatic rings. The van der Waals surface area contributed by atoms with Crippen molar-refractivity contribution in [1.29, 1.82) is 0 Å². The van der Waals surface area contributed by atoms with Crippen molar-refractivity contribution in [3.63, 3.8) is 0 Å². The molecule has 0 aliphatic carbocycles. The lowest BCUT2D eigenvalue weighted by atomic mass is 9.90. The summed E-state index contributed by atoms with van der Waals surface area (Å²) in [6.45, 7) is 1.91. The smallest absolute Gasteiger partial charge is 0.406 e. The van der Waals surface area contributed by atoms with Gasteiger partial charge >= 0.3 is 12.4 Å².